The zero-order valence-electron chi connectivity index (χ0n) is 16.1. The summed E-state index contributed by atoms with van der Waals surface area (Å²) in [6.45, 7) is 2.00. The van der Waals surface area contributed by atoms with Gasteiger partial charge in [0.1, 0.15) is 5.69 Å². The third kappa shape index (κ3) is 3.10. The highest BCUT2D eigenvalue weighted by Gasteiger charge is 2.18. The molecule has 0 saturated carbocycles. The molecule has 0 bridgehead atoms. The van der Waals surface area contributed by atoms with Gasteiger partial charge in [0.25, 0.3) is 5.91 Å². The van der Waals surface area contributed by atoms with Gasteiger partial charge in [0, 0.05) is 5.56 Å². The smallest absolute Gasteiger partial charge is 0.272 e. The number of hydrogen-bond donors (Lipinski definition) is 2. The molecule has 1 heterocycles. The summed E-state index contributed by atoms with van der Waals surface area (Å²) < 4.78 is 0. The van der Waals surface area contributed by atoms with Crippen LogP contribution in [0.2, 0.25) is 0 Å². The van der Waals surface area contributed by atoms with E-state index in [0.717, 1.165) is 35.2 Å². The SMILES string of the molecule is Cc1ccccc1C=NNC(=O)c1cc(-c2ccc3c4c(cccc24)CC3)n[nH]1. The molecule has 29 heavy (non-hydrogen) atoms. The van der Waals surface area contributed by atoms with Gasteiger partial charge in [-0.1, -0.05) is 54.6 Å². The molecule has 0 radical (unpaired) electrons. The molecule has 5 rings (SSSR count). The van der Waals surface area contributed by atoms with Crippen LogP contribution in [0.3, 0.4) is 0 Å². The van der Waals surface area contributed by atoms with Gasteiger partial charge in [0.15, 0.2) is 0 Å². The van der Waals surface area contributed by atoms with Crippen LogP contribution in [-0.4, -0.2) is 22.3 Å². The quantitative estimate of drug-likeness (QED) is 0.407. The van der Waals surface area contributed by atoms with Crippen LogP contribution >= 0.6 is 0 Å². The van der Waals surface area contributed by atoms with Crippen molar-refractivity contribution in [2.45, 2.75) is 19.8 Å². The Morgan fingerprint density at radius 3 is 2.76 bits per heavy atom. The Bertz CT molecular complexity index is 1260. The molecule has 5 heteroatoms. The molecule has 1 aliphatic carbocycles. The maximum Gasteiger partial charge on any atom is 0.289 e. The molecule has 5 nitrogen and oxygen atoms in total. The van der Waals surface area contributed by atoms with E-state index in [1.807, 2.05) is 31.2 Å². The number of benzene rings is 3. The van der Waals surface area contributed by atoms with Crippen molar-refractivity contribution in [1.82, 2.24) is 15.6 Å². The number of carbonyl (C=O) groups excluding carboxylic acids is 1. The van der Waals surface area contributed by atoms with E-state index >= 15 is 0 Å². The summed E-state index contributed by atoms with van der Waals surface area (Å²) in [4.78, 5) is 12.5. The van der Waals surface area contributed by atoms with Crippen LogP contribution in [0.1, 0.15) is 32.7 Å². The Labute approximate surface area is 168 Å². The largest absolute Gasteiger partial charge is 0.289 e. The van der Waals surface area contributed by atoms with E-state index in [1.165, 1.54) is 21.9 Å². The second-order valence-corrected chi connectivity index (χ2v) is 7.33. The van der Waals surface area contributed by atoms with Crippen molar-refractivity contribution < 1.29 is 4.79 Å². The van der Waals surface area contributed by atoms with Crippen LogP contribution in [-0.2, 0) is 12.8 Å². The van der Waals surface area contributed by atoms with E-state index in [2.05, 4.69) is 51.1 Å². The number of nitrogens with zero attached hydrogens (tertiary/aromatic N) is 2. The number of hydrazone groups is 1. The first-order valence-electron chi connectivity index (χ1n) is 9.69. The number of aromatic nitrogens is 2. The number of aryl methyl sites for hydroxylation is 3. The number of H-pyrrole nitrogens is 1. The molecule has 0 saturated heterocycles. The monoisotopic (exact) mass is 380 g/mol. The summed E-state index contributed by atoms with van der Waals surface area (Å²) in [6.07, 6.45) is 3.82. The summed E-state index contributed by atoms with van der Waals surface area (Å²) in [7, 11) is 0. The van der Waals surface area contributed by atoms with E-state index in [-0.39, 0.29) is 5.91 Å². The molecular weight excluding hydrogens is 360 g/mol. The van der Waals surface area contributed by atoms with Crippen LogP contribution in [0.5, 0.6) is 0 Å². The highest BCUT2D eigenvalue weighted by molar-refractivity contribution is 6.02. The average Bonchev–Trinajstić information content (AvgIpc) is 3.39. The Morgan fingerprint density at radius 2 is 1.90 bits per heavy atom. The van der Waals surface area contributed by atoms with E-state index in [0.29, 0.717) is 5.69 Å². The predicted molar refractivity (Wildman–Crippen MR) is 115 cm³/mol. The Morgan fingerprint density at radius 1 is 1.07 bits per heavy atom. The molecule has 1 amide bonds. The molecule has 0 atom stereocenters. The number of carbonyl (C=O) groups is 1. The molecule has 3 aromatic carbocycles. The van der Waals surface area contributed by atoms with E-state index in [9.17, 15) is 4.79 Å². The van der Waals surface area contributed by atoms with Gasteiger partial charge < -0.3 is 0 Å². The van der Waals surface area contributed by atoms with Crippen molar-refractivity contribution in [2.24, 2.45) is 5.10 Å². The van der Waals surface area contributed by atoms with Gasteiger partial charge >= 0.3 is 0 Å². The van der Waals surface area contributed by atoms with E-state index in [1.54, 1.807) is 12.3 Å². The summed E-state index contributed by atoms with van der Waals surface area (Å²) >= 11 is 0. The number of amides is 1. The fraction of sp³-hybridized carbons (Fsp3) is 0.125. The minimum absolute atomic E-state index is 0.320. The fourth-order valence-corrected chi connectivity index (χ4v) is 4.00. The lowest BCUT2D eigenvalue weighted by Gasteiger charge is -2.06. The topological polar surface area (TPSA) is 70.1 Å². The molecule has 1 aromatic heterocycles. The molecular formula is C24H20N4O. The summed E-state index contributed by atoms with van der Waals surface area (Å²) in [5.74, 6) is -0.320. The van der Waals surface area contributed by atoms with Gasteiger partial charge in [-0.25, -0.2) is 5.43 Å². The Balaban J connectivity index is 1.40. The Hall–Kier alpha value is -3.73. The van der Waals surface area contributed by atoms with Gasteiger partial charge in [0.2, 0.25) is 0 Å². The lowest BCUT2D eigenvalue weighted by molar-refractivity contribution is 0.0950. The average molecular weight is 380 g/mol. The highest BCUT2D eigenvalue weighted by Crippen LogP contribution is 2.36. The molecule has 142 valence electrons. The zero-order valence-corrected chi connectivity index (χ0v) is 16.1. The normalized spacial score (nSPS) is 12.7. The fourth-order valence-electron chi connectivity index (χ4n) is 4.00. The van der Waals surface area contributed by atoms with Gasteiger partial charge in [-0.3, -0.25) is 9.89 Å². The zero-order chi connectivity index (χ0) is 19.8. The third-order valence-corrected chi connectivity index (χ3v) is 5.53. The predicted octanol–water partition coefficient (Wildman–Crippen LogP) is 4.40. The maximum atomic E-state index is 12.5. The van der Waals surface area contributed by atoms with Crippen LogP contribution in [0.15, 0.2) is 65.8 Å². The number of nitrogens with one attached hydrogen (secondary N) is 2. The Kier molecular flexibility index (Phi) is 4.21. The van der Waals surface area contributed by atoms with Crippen molar-refractivity contribution in [3.8, 4) is 11.3 Å². The maximum absolute atomic E-state index is 12.5. The first kappa shape index (κ1) is 17.4. The molecule has 0 aliphatic heterocycles. The summed E-state index contributed by atoms with van der Waals surface area (Å²) in [5.41, 5.74) is 9.57. The first-order valence-corrected chi connectivity index (χ1v) is 9.69. The number of aromatic amines is 1. The van der Waals surface area contributed by atoms with E-state index < -0.39 is 0 Å². The molecule has 0 spiro atoms. The standard InChI is InChI=1S/C24H20N4O/c1-15-5-2-3-6-18(15)14-25-28-24(29)22-13-21(26-27-22)19-12-11-17-10-9-16-7-4-8-20(19)23(16)17/h2-8,11-14H,9-10H2,1H3,(H,26,27)(H,28,29). The van der Waals surface area contributed by atoms with Crippen LogP contribution in [0.4, 0.5) is 0 Å². The van der Waals surface area contributed by atoms with Gasteiger partial charge in [-0.05, 0) is 58.9 Å². The van der Waals surface area contributed by atoms with Crippen LogP contribution < -0.4 is 5.43 Å². The second-order valence-electron chi connectivity index (χ2n) is 7.33. The minimum atomic E-state index is -0.320. The third-order valence-electron chi connectivity index (χ3n) is 5.53. The summed E-state index contributed by atoms with van der Waals surface area (Å²) in [6, 6.07) is 20.3. The van der Waals surface area contributed by atoms with Gasteiger partial charge in [-0.2, -0.15) is 10.2 Å². The van der Waals surface area contributed by atoms with Gasteiger partial charge in [0.05, 0.1) is 11.9 Å². The van der Waals surface area contributed by atoms with Crippen molar-refractivity contribution in [1.29, 1.82) is 0 Å². The minimum Gasteiger partial charge on any atom is -0.272 e. The first-order chi connectivity index (χ1) is 14.2. The lowest BCUT2D eigenvalue weighted by Crippen LogP contribution is -2.18. The van der Waals surface area contributed by atoms with E-state index in [4.69, 9.17) is 0 Å². The number of hydrogen-bond acceptors (Lipinski definition) is 3. The van der Waals surface area contributed by atoms with Crippen LogP contribution in [0, 0.1) is 6.92 Å². The van der Waals surface area contributed by atoms with Crippen molar-refractivity contribution in [3.63, 3.8) is 0 Å². The molecule has 1 aliphatic rings. The molecule has 0 fully saturated rings. The van der Waals surface area contributed by atoms with Crippen molar-refractivity contribution in [3.05, 3.63) is 88.6 Å². The van der Waals surface area contributed by atoms with Crippen molar-refractivity contribution in [2.75, 3.05) is 0 Å². The molecule has 2 N–H and O–H groups in total. The second kappa shape index (κ2) is 7.02. The van der Waals surface area contributed by atoms with Crippen LogP contribution in [0.25, 0.3) is 22.0 Å². The molecule has 4 aromatic rings. The highest BCUT2D eigenvalue weighted by atomic mass is 16.2. The van der Waals surface area contributed by atoms with Crippen molar-refractivity contribution >= 4 is 22.9 Å². The lowest BCUT2D eigenvalue weighted by atomic mass is 9.98. The summed E-state index contributed by atoms with van der Waals surface area (Å²) in [5, 5.41) is 13.8. The molecule has 0 unspecified atom stereocenters. The number of rotatable bonds is 4. The van der Waals surface area contributed by atoms with Gasteiger partial charge in [-0.15, -0.1) is 0 Å².